The second-order valence-corrected chi connectivity index (χ2v) is 5.41. The van der Waals surface area contributed by atoms with Crippen molar-refractivity contribution in [2.24, 2.45) is 0 Å². The van der Waals surface area contributed by atoms with Crippen molar-refractivity contribution < 1.29 is 9.90 Å². The molecule has 0 heterocycles. The Kier molecular flexibility index (Phi) is 17.3. The van der Waals surface area contributed by atoms with Gasteiger partial charge in [0.2, 0.25) is 0 Å². The Hall–Kier alpha value is -2.09. The maximum atomic E-state index is 10.2. The third-order valence-corrected chi connectivity index (χ3v) is 3.20. The van der Waals surface area contributed by atoms with Crippen LogP contribution in [-0.2, 0) is 4.79 Å². The summed E-state index contributed by atoms with van der Waals surface area (Å²) in [5.74, 6) is -0.904. The molecule has 0 spiro atoms. The van der Waals surface area contributed by atoms with Crippen LogP contribution in [0.15, 0.2) is 72.9 Å². The van der Waals surface area contributed by atoms with E-state index in [9.17, 15) is 4.79 Å². The van der Waals surface area contributed by atoms with E-state index in [4.69, 9.17) is 5.11 Å². The molecule has 1 N–H and O–H groups in total. The van der Waals surface area contributed by atoms with Crippen molar-refractivity contribution in [1.29, 1.82) is 0 Å². The zero-order valence-electron chi connectivity index (χ0n) is 14.9. The molecule has 2 nitrogen and oxygen atoms in total. The van der Waals surface area contributed by atoms with E-state index in [0.717, 1.165) is 51.0 Å². The predicted octanol–water partition coefficient (Wildman–Crippen LogP) is 6.55. The number of carboxylic acid groups (broad SMARTS) is 1. The lowest BCUT2D eigenvalue weighted by Crippen LogP contribution is -1.84. The molecule has 2 heteroatoms. The molecule has 24 heavy (non-hydrogen) atoms. The van der Waals surface area contributed by atoms with Gasteiger partial charge in [-0.1, -0.05) is 73.8 Å². The largest absolute Gasteiger partial charge is 0.478 e. The molecule has 0 atom stereocenters. The summed E-state index contributed by atoms with van der Waals surface area (Å²) in [4.78, 5) is 10.2. The number of hydrogen-bond acceptors (Lipinski definition) is 1. The van der Waals surface area contributed by atoms with Gasteiger partial charge in [0.15, 0.2) is 0 Å². The van der Waals surface area contributed by atoms with Gasteiger partial charge in [0.05, 0.1) is 0 Å². The van der Waals surface area contributed by atoms with Gasteiger partial charge >= 0.3 is 5.97 Å². The summed E-state index contributed by atoms with van der Waals surface area (Å²) in [6.07, 6.45) is 32.8. The molecule has 0 aliphatic carbocycles. The SMILES string of the molecule is CC/C=C/C/C=C/C/C=C\C/C=C\CCCCC=CC=CC(=O)O. The molecular formula is C22H32O2. The van der Waals surface area contributed by atoms with Gasteiger partial charge in [-0.15, -0.1) is 0 Å². The topological polar surface area (TPSA) is 37.3 Å². The molecule has 0 bridgehead atoms. The smallest absolute Gasteiger partial charge is 0.328 e. The molecule has 0 saturated heterocycles. The summed E-state index contributed by atoms with van der Waals surface area (Å²) >= 11 is 0. The van der Waals surface area contributed by atoms with Gasteiger partial charge in [0.25, 0.3) is 0 Å². The van der Waals surface area contributed by atoms with Gasteiger partial charge in [-0.05, 0) is 51.4 Å². The van der Waals surface area contributed by atoms with E-state index in [1.165, 1.54) is 6.42 Å². The van der Waals surface area contributed by atoms with E-state index in [0.29, 0.717) is 0 Å². The summed E-state index contributed by atoms with van der Waals surface area (Å²) in [6.45, 7) is 2.15. The molecule has 0 aromatic heterocycles. The Morgan fingerprint density at radius 2 is 1.21 bits per heavy atom. The van der Waals surface area contributed by atoms with Crippen LogP contribution in [0, 0.1) is 0 Å². The minimum Gasteiger partial charge on any atom is -0.478 e. The van der Waals surface area contributed by atoms with Crippen molar-refractivity contribution in [3.63, 3.8) is 0 Å². The second-order valence-electron chi connectivity index (χ2n) is 5.41. The van der Waals surface area contributed by atoms with E-state index in [-0.39, 0.29) is 0 Å². The van der Waals surface area contributed by atoms with Crippen LogP contribution in [0.3, 0.4) is 0 Å². The van der Waals surface area contributed by atoms with Crippen LogP contribution in [0.5, 0.6) is 0 Å². The number of hydrogen-bond donors (Lipinski definition) is 1. The molecule has 0 aromatic carbocycles. The minimum absolute atomic E-state index is 0.904. The molecule has 0 rings (SSSR count). The number of carboxylic acids is 1. The second kappa shape index (κ2) is 19.0. The molecule has 0 unspecified atom stereocenters. The van der Waals surface area contributed by atoms with Crippen LogP contribution in [0.25, 0.3) is 0 Å². The van der Waals surface area contributed by atoms with Gasteiger partial charge in [-0.3, -0.25) is 0 Å². The third kappa shape index (κ3) is 19.9. The highest BCUT2D eigenvalue weighted by Gasteiger charge is 1.84. The Balaban J connectivity index is 3.45. The number of aliphatic carboxylic acids is 1. The normalized spacial score (nSPS) is 13.0. The first kappa shape index (κ1) is 21.9. The van der Waals surface area contributed by atoms with Crippen molar-refractivity contribution in [2.75, 3.05) is 0 Å². The zero-order chi connectivity index (χ0) is 17.7. The fourth-order valence-corrected chi connectivity index (χ4v) is 1.93. The molecule has 0 saturated carbocycles. The summed E-state index contributed by atoms with van der Waals surface area (Å²) in [6, 6.07) is 0. The highest BCUT2D eigenvalue weighted by atomic mass is 16.4. The van der Waals surface area contributed by atoms with Gasteiger partial charge in [0, 0.05) is 6.08 Å². The first-order valence-electron chi connectivity index (χ1n) is 8.93. The standard InChI is InChI=1S/C22H32O2/c1-2-3-4-5-6-7-8-9-10-11-12-13-14-15-16-17-18-19-20-21-22(23)24/h3-4,6-7,9-10,12-13,18-21H,2,5,8,11,14-17H2,1H3,(H,23,24)/b4-3+,7-6+,10-9-,13-12-,19-18?,21-20?. The lowest BCUT2D eigenvalue weighted by molar-refractivity contribution is -0.131. The Morgan fingerprint density at radius 1 is 0.708 bits per heavy atom. The van der Waals surface area contributed by atoms with E-state index in [1.807, 2.05) is 6.08 Å². The third-order valence-electron chi connectivity index (χ3n) is 3.20. The van der Waals surface area contributed by atoms with Crippen LogP contribution >= 0.6 is 0 Å². The monoisotopic (exact) mass is 328 g/mol. The van der Waals surface area contributed by atoms with Gasteiger partial charge in [-0.2, -0.15) is 0 Å². The fraction of sp³-hybridized carbons (Fsp3) is 0.409. The lowest BCUT2D eigenvalue weighted by atomic mass is 10.1. The first-order valence-corrected chi connectivity index (χ1v) is 8.93. The quantitative estimate of drug-likeness (QED) is 0.170. The molecule has 0 fully saturated rings. The average Bonchev–Trinajstić information content (AvgIpc) is 2.56. The first-order chi connectivity index (χ1) is 11.8. The molecular weight excluding hydrogens is 296 g/mol. The summed E-state index contributed by atoms with van der Waals surface area (Å²) in [5, 5.41) is 8.42. The minimum atomic E-state index is -0.904. The molecule has 0 aliphatic heterocycles. The van der Waals surface area contributed by atoms with Crippen molar-refractivity contribution in [2.45, 2.75) is 58.3 Å². The van der Waals surface area contributed by atoms with Crippen LogP contribution in [0.2, 0.25) is 0 Å². The highest BCUT2D eigenvalue weighted by molar-refractivity contribution is 5.80. The number of allylic oxidation sites excluding steroid dienone is 11. The van der Waals surface area contributed by atoms with Crippen molar-refractivity contribution in [3.05, 3.63) is 72.9 Å². The van der Waals surface area contributed by atoms with Gasteiger partial charge in [-0.25, -0.2) is 4.79 Å². The highest BCUT2D eigenvalue weighted by Crippen LogP contribution is 2.02. The molecule has 0 radical (unpaired) electrons. The average molecular weight is 328 g/mol. The van der Waals surface area contributed by atoms with E-state index in [1.54, 1.807) is 12.2 Å². The van der Waals surface area contributed by atoms with E-state index < -0.39 is 5.97 Å². The predicted molar refractivity (Wildman–Crippen MR) is 105 cm³/mol. The van der Waals surface area contributed by atoms with Crippen LogP contribution in [0.1, 0.15) is 58.3 Å². The number of rotatable bonds is 14. The molecule has 0 amide bonds. The van der Waals surface area contributed by atoms with E-state index in [2.05, 4.69) is 55.5 Å². The molecule has 0 aliphatic rings. The summed E-state index contributed by atoms with van der Waals surface area (Å²) < 4.78 is 0. The fourth-order valence-electron chi connectivity index (χ4n) is 1.93. The zero-order valence-corrected chi connectivity index (χ0v) is 14.9. The Labute approximate surface area is 147 Å². The van der Waals surface area contributed by atoms with Gasteiger partial charge in [0.1, 0.15) is 0 Å². The maximum Gasteiger partial charge on any atom is 0.328 e. The molecule has 132 valence electrons. The maximum absolute atomic E-state index is 10.2. The van der Waals surface area contributed by atoms with Gasteiger partial charge < -0.3 is 5.11 Å². The van der Waals surface area contributed by atoms with Crippen LogP contribution in [-0.4, -0.2) is 11.1 Å². The lowest BCUT2D eigenvalue weighted by Gasteiger charge is -1.92. The van der Waals surface area contributed by atoms with Crippen LogP contribution < -0.4 is 0 Å². The van der Waals surface area contributed by atoms with Crippen molar-refractivity contribution in [1.82, 2.24) is 0 Å². The Morgan fingerprint density at radius 3 is 1.75 bits per heavy atom. The summed E-state index contributed by atoms with van der Waals surface area (Å²) in [5.41, 5.74) is 0. The molecule has 0 aromatic rings. The Bertz CT molecular complexity index is 462. The van der Waals surface area contributed by atoms with E-state index >= 15 is 0 Å². The van der Waals surface area contributed by atoms with Crippen molar-refractivity contribution >= 4 is 5.97 Å². The number of unbranched alkanes of at least 4 members (excludes halogenated alkanes) is 3. The number of carbonyl (C=O) groups is 1. The van der Waals surface area contributed by atoms with Crippen LogP contribution in [0.4, 0.5) is 0 Å². The van der Waals surface area contributed by atoms with Crippen molar-refractivity contribution in [3.8, 4) is 0 Å². The summed E-state index contributed by atoms with van der Waals surface area (Å²) in [7, 11) is 0.